The van der Waals surface area contributed by atoms with Crippen molar-refractivity contribution in [2.75, 3.05) is 0 Å². The SMILES string of the molecule is CC(C)(C)c1ccc(C=CS)cc1. The second kappa shape index (κ2) is 4.01. The van der Waals surface area contributed by atoms with Crippen molar-refractivity contribution in [3.8, 4) is 0 Å². The van der Waals surface area contributed by atoms with E-state index >= 15 is 0 Å². The average molecular weight is 192 g/mol. The summed E-state index contributed by atoms with van der Waals surface area (Å²) in [6.07, 6.45) is 1.98. The molecular weight excluding hydrogens is 176 g/mol. The second-order valence-corrected chi connectivity index (χ2v) is 4.49. The van der Waals surface area contributed by atoms with Crippen molar-refractivity contribution >= 4 is 18.7 Å². The first-order valence-corrected chi connectivity index (χ1v) is 4.97. The third-order valence-electron chi connectivity index (χ3n) is 2.04. The predicted molar refractivity (Wildman–Crippen MR) is 63.2 cm³/mol. The van der Waals surface area contributed by atoms with Crippen LogP contribution in [0.15, 0.2) is 29.7 Å². The van der Waals surface area contributed by atoms with Crippen LogP contribution in [-0.4, -0.2) is 0 Å². The summed E-state index contributed by atoms with van der Waals surface area (Å²) >= 11 is 4.03. The monoisotopic (exact) mass is 192 g/mol. The Bertz CT molecular complexity index is 288. The zero-order chi connectivity index (χ0) is 9.90. The Hall–Kier alpha value is -0.690. The highest BCUT2D eigenvalue weighted by Gasteiger charge is 2.12. The van der Waals surface area contributed by atoms with E-state index in [-0.39, 0.29) is 5.41 Å². The van der Waals surface area contributed by atoms with Gasteiger partial charge >= 0.3 is 0 Å². The largest absolute Gasteiger partial charge is 0.151 e. The lowest BCUT2D eigenvalue weighted by Gasteiger charge is -2.18. The Balaban J connectivity index is 2.94. The summed E-state index contributed by atoms with van der Waals surface area (Å²) in [4.78, 5) is 0. The van der Waals surface area contributed by atoms with Crippen molar-refractivity contribution in [3.63, 3.8) is 0 Å². The van der Waals surface area contributed by atoms with Crippen LogP contribution in [-0.2, 0) is 5.41 Å². The third-order valence-corrected chi connectivity index (χ3v) is 2.19. The first kappa shape index (κ1) is 10.4. The molecule has 0 radical (unpaired) electrons. The minimum Gasteiger partial charge on any atom is -0.151 e. The van der Waals surface area contributed by atoms with Crippen molar-refractivity contribution in [3.05, 3.63) is 40.8 Å². The Morgan fingerprint density at radius 3 is 2.00 bits per heavy atom. The van der Waals surface area contributed by atoms with Gasteiger partial charge in [-0.15, -0.1) is 0 Å². The van der Waals surface area contributed by atoms with Crippen LogP contribution in [0.5, 0.6) is 0 Å². The molecule has 0 saturated heterocycles. The molecule has 0 amide bonds. The van der Waals surface area contributed by atoms with E-state index in [9.17, 15) is 0 Å². The van der Waals surface area contributed by atoms with E-state index in [0.717, 1.165) is 0 Å². The van der Waals surface area contributed by atoms with Crippen molar-refractivity contribution < 1.29 is 0 Å². The first-order valence-electron chi connectivity index (χ1n) is 4.45. The zero-order valence-electron chi connectivity index (χ0n) is 8.41. The van der Waals surface area contributed by atoms with Crippen LogP contribution in [0.1, 0.15) is 31.9 Å². The quantitative estimate of drug-likeness (QED) is 0.641. The average Bonchev–Trinajstić information content (AvgIpc) is 2.04. The Labute approximate surface area is 86.1 Å². The molecule has 0 spiro atoms. The number of hydrogen-bond acceptors (Lipinski definition) is 1. The van der Waals surface area contributed by atoms with Gasteiger partial charge in [0.1, 0.15) is 0 Å². The van der Waals surface area contributed by atoms with Gasteiger partial charge < -0.3 is 0 Å². The standard InChI is InChI=1S/C12H16S/c1-12(2,3)11-6-4-10(5-7-11)8-9-13/h4-9,13H,1-3H3. The van der Waals surface area contributed by atoms with Crippen molar-refractivity contribution in [1.82, 2.24) is 0 Å². The summed E-state index contributed by atoms with van der Waals surface area (Å²) in [5.41, 5.74) is 2.80. The van der Waals surface area contributed by atoms with Crippen molar-refractivity contribution in [1.29, 1.82) is 0 Å². The van der Waals surface area contributed by atoms with Gasteiger partial charge in [-0.2, -0.15) is 12.6 Å². The van der Waals surface area contributed by atoms with Gasteiger partial charge in [0.25, 0.3) is 0 Å². The molecule has 0 heterocycles. The number of benzene rings is 1. The highest BCUT2D eigenvalue weighted by molar-refractivity contribution is 7.83. The maximum absolute atomic E-state index is 4.03. The topological polar surface area (TPSA) is 0 Å². The molecule has 13 heavy (non-hydrogen) atoms. The van der Waals surface area contributed by atoms with Crippen molar-refractivity contribution in [2.45, 2.75) is 26.2 Å². The van der Waals surface area contributed by atoms with Crippen LogP contribution in [0, 0.1) is 0 Å². The molecule has 0 aliphatic carbocycles. The van der Waals surface area contributed by atoms with Gasteiger partial charge in [-0.1, -0.05) is 45.0 Å². The molecular formula is C12H16S. The molecule has 0 aliphatic rings. The fourth-order valence-electron chi connectivity index (χ4n) is 1.18. The molecule has 0 unspecified atom stereocenters. The van der Waals surface area contributed by atoms with Crippen LogP contribution in [0.2, 0.25) is 0 Å². The second-order valence-electron chi connectivity index (χ2n) is 4.19. The summed E-state index contributed by atoms with van der Waals surface area (Å²) in [5, 5.41) is 1.76. The maximum Gasteiger partial charge on any atom is -0.0132 e. The molecule has 1 heteroatoms. The summed E-state index contributed by atoms with van der Waals surface area (Å²) in [6.45, 7) is 6.66. The maximum atomic E-state index is 4.03. The van der Waals surface area contributed by atoms with E-state index in [1.807, 2.05) is 6.08 Å². The van der Waals surface area contributed by atoms with Gasteiger partial charge in [0.2, 0.25) is 0 Å². The van der Waals surface area contributed by atoms with Gasteiger partial charge in [0, 0.05) is 0 Å². The fourth-order valence-corrected chi connectivity index (χ4v) is 1.35. The molecule has 1 aromatic rings. The highest BCUT2D eigenvalue weighted by atomic mass is 32.1. The molecule has 1 rings (SSSR count). The zero-order valence-corrected chi connectivity index (χ0v) is 9.31. The van der Waals surface area contributed by atoms with Crippen LogP contribution in [0.25, 0.3) is 6.08 Å². The van der Waals surface area contributed by atoms with Crippen LogP contribution < -0.4 is 0 Å². The molecule has 0 nitrogen and oxygen atoms in total. The van der Waals surface area contributed by atoms with Crippen LogP contribution in [0.4, 0.5) is 0 Å². The van der Waals surface area contributed by atoms with Crippen molar-refractivity contribution in [2.24, 2.45) is 0 Å². The van der Waals surface area contributed by atoms with Gasteiger partial charge in [-0.05, 0) is 28.0 Å². The third kappa shape index (κ3) is 2.92. The highest BCUT2D eigenvalue weighted by Crippen LogP contribution is 2.22. The summed E-state index contributed by atoms with van der Waals surface area (Å²) < 4.78 is 0. The summed E-state index contributed by atoms with van der Waals surface area (Å²) in [5.74, 6) is 0. The molecule has 70 valence electrons. The fraction of sp³-hybridized carbons (Fsp3) is 0.333. The lowest BCUT2D eigenvalue weighted by Crippen LogP contribution is -2.10. The number of hydrogen-bond donors (Lipinski definition) is 1. The first-order chi connectivity index (χ1) is 6.04. The van der Waals surface area contributed by atoms with Gasteiger partial charge in [-0.3, -0.25) is 0 Å². The van der Waals surface area contributed by atoms with E-state index in [2.05, 4.69) is 57.7 Å². The summed E-state index contributed by atoms with van der Waals surface area (Å²) in [7, 11) is 0. The predicted octanol–water partition coefficient (Wildman–Crippen LogP) is 3.88. The smallest absolute Gasteiger partial charge is 0.0132 e. The Morgan fingerprint density at radius 2 is 1.62 bits per heavy atom. The molecule has 0 bridgehead atoms. The lowest BCUT2D eigenvalue weighted by molar-refractivity contribution is 0.590. The minimum absolute atomic E-state index is 0.239. The molecule has 0 N–H and O–H groups in total. The number of rotatable bonds is 1. The minimum atomic E-state index is 0.239. The Morgan fingerprint density at radius 1 is 1.08 bits per heavy atom. The van der Waals surface area contributed by atoms with Crippen LogP contribution in [0.3, 0.4) is 0 Å². The lowest BCUT2D eigenvalue weighted by atomic mass is 9.87. The molecule has 0 aliphatic heterocycles. The van der Waals surface area contributed by atoms with E-state index in [0.29, 0.717) is 0 Å². The van der Waals surface area contributed by atoms with Crippen LogP contribution >= 0.6 is 12.6 Å². The number of thiol groups is 1. The van der Waals surface area contributed by atoms with E-state index < -0.39 is 0 Å². The molecule has 0 fully saturated rings. The summed E-state index contributed by atoms with van der Waals surface area (Å²) in [6, 6.07) is 8.58. The van der Waals surface area contributed by atoms with E-state index in [1.165, 1.54) is 11.1 Å². The molecule has 0 saturated carbocycles. The van der Waals surface area contributed by atoms with Gasteiger partial charge in [-0.25, -0.2) is 0 Å². The Kier molecular flexibility index (Phi) is 3.21. The molecule has 1 aromatic carbocycles. The van der Waals surface area contributed by atoms with Gasteiger partial charge in [0.15, 0.2) is 0 Å². The van der Waals surface area contributed by atoms with E-state index in [1.54, 1.807) is 5.41 Å². The van der Waals surface area contributed by atoms with E-state index in [4.69, 9.17) is 0 Å². The van der Waals surface area contributed by atoms with Gasteiger partial charge in [0.05, 0.1) is 0 Å². The normalized spacial score (nSPS) is 12.3. The molecule has 0 aromatic heterocycles. The molecule has 0 atom stereocenters.